The smallest absolute Gasteiger partial charge is 0.295 e. The van der Waals surface area contributed by atoms with E-state index >= 15 is 0 Å². The molecular formula is C29H25FN6O3. The Morgan fingerprint density at radius 3 is 2.23 bits per heavy atom. The van der Waals surface area contributed by atoms with E-state index in [9.17, 15) is 19.1 Å². The van der Waals surface area contributed by atoms with Crippen molar-refractivity contribution in [3.63, 3.8) is 0 Å². The minimum Gasteiger partial charge on any atom is -0.380 e. The molecule has 1 aliphatic rings. The summed E-state index contributed by atoms with van der Waals surface area (Å²) < 4.78 is 16.2. The number of H-pyrrole nitrogens is 1. The molecule has 10 heteroatoms. The number of pyridine rings is 1. The Morgan fingerprint density at radius 1 is 1.00 bits per heavy atom. The lowest BCUT2D eigenvalue weighted by Crippen LogP contribution is -2.47. The van der Waals surface area contributed by atoms with E-state index < -0.39 is 23.1 Å². The van der Waals surface area contributed by atoms with E-state index in [1.54, 1.807) is 6.20 Å². The van der Waals surface area contributed by atoms with Gasteiger partial charge in [0, 0.05) is 19.3 Å². The fourth-order valence-electron chi connectivity index (χ4n) is 5.55. The quantitative estimate of drug-likeness (QED) is 0.259. The number of Topliss-reactive ketones (excluding diaryl/α,β-unsaturated/α-hetero) is 1. The molecule has 0 unspecified atom stereocenters. The van der Waals surface area contributed by atoms with Crippen LogP contribution in [0, 0.1) is 11.7 Å². The number of hydrogen-bond donors (Lipinski definition) is 2. The third kappa shape index (κ3) is 4.18. The summed E-state index contributed by atoms with van der Waals surface area (Å²) in [5.74, 6) is -2.16. The Bertz CT molecular complexity index is 1590. The highest BCUT2D eigenvalue weighted by atomic mass is 19.1. The number of aromatic nitrogens is 5. The number of nitrogens with one attached hydrogen (secondary N) is 1. The summed E-state index contributed by atoms with van der Waals surface area (Å²) in [4.78, 5) is 35.0. The molecule has 4 heterocycles. The van der Waals surface area contributed by atoms with Crippen molar-refractivity contribution in [2.45, 2.75) is 18.4 Å². The van der Waals surface area contributed by atoms with Crippen LogP contribution >= 0.6 is 0 Å². The first-order valence-electron chi connectivity index (χ1n) is 12.7. The molecule has 1 fully saturated rings. The largest absolute Gasteiger partial charge is 0.380 e. The molecule has 3 aromatic heterocycles. The van der Waals surface area contributed by atoms with Crippen LogP contribution in [0.25, 0.3) is 16.7 Å². The number of aromatic amines is 1. The molecule has 196 valence electrons. The molecule has 2 N–H and O–H groups in total. The molecule has 2 aromatic carbocycles. The van der Waals surface area contributed by atoms with Gasteiger partial charge in [-0.3, -0.25) is 9.59 Å². The van der Waals surface area contributed by atoms with Crippen molar-refractivity contribution in [3.8, 4) is 5.82 Å². The molecule has 1 saturated heterocycles. The van der Waals surface area contributed by atoms with Gasteiger partial charge in [0.05, 0.1) is 35.1 Å². The molecule has 5 aromatic rings. The molecule has 0 spiro atoms. The number of carbonyl (C=O) groups is 2. The van der Waals surface area contributed by atoms with Crippen molar-refractivity contribution in [1.29, 1.82) is 0 Å². The van der Waals surface area contributed by atoms with Gasteiger partial charge in [-0.2, -0.15) is 0 Å². The maximum atomic E-state index is 14.8. The number of likely N-dealkylation sites (tertiary alicyclic amines) is 1. The summed E-state index contributed by atoms with van der Waals surface area (Å²) in [7, 11) is 0. The summed E-state index contributed by atoms with van der Waals surface area (Å²) in [5, 5.41) is 19.7. The van der Waals surface area contributed by atoms with Gasteiger partial charge in [0.15, 0.2) is 11.6 Å². The highest BCUT2D eigenvalue weighted by Gasteiger charge is 2.42. The van der Waals surface area contributed by atoms with Crippen LogP contribution in [0.1, 0.15) is 34.3 Å². The van der Waals surface area contributed by atoms with Crippen molar-refractivity contribution >= 4 is 22.6 Å². The Balaban J connectivity index is 1.24. The number of aliphatic hydroxyl groups is 1. The van der Waals surface area contributed by atoms with Crippen molar-refractivity contribution in [1.82, 2.24) is 29.9 Å². The Morgan fingerprint density at radius 2 is 1.64 bits per heavy atom. The summed E-state index contributed by atoms with van der Waals surface area (Å²) in [6, 6.07) is 19.0. The van der Waals surface area contributed by atoms with Gasteiger partial charge < -0.3 is 15.0 Å². The van der Waals surface area contributed by atoms with Gasteiger partial charge in [0.2, 0.25) is 0 Å². The molecule has 0 aliphatic carbocycles. The standard InChI is InChI=1S/C29H25FN6O3/c30-23-18-32-27(36-16-13-33-34-36)25-24(23)22(17-31-25)26(37)28(38)35-14-11-21(12-15-35)29(39,19-7-3-1-4-8-19)20-9-5-2-6-10-20/h1-10,13,16-18,21,31,39H,11-12,14-15H2. The van der Waals surface area contributed by atoms with E-state index in [0.717, 1.165) is 17.3 Å². The fourth-order valence-corrected chi connectivity index (χ4v) is 5.55. The van der Waals surface area contributed by atoms with Crippen LogP contribution in [0.15, 0.2) is 85.5 Å². The third-order valence-corrected chi connectivity index (χ3v) is 7.52. The highest BCUT2D eigenvalue weighted by Crippen LogP contribution is 2.42. The first-order chi connectivity index (χ1) is 19.0. The molecule has 0 bridgehead atoms. The summed E-state index contributed by atoms with van der Waals surface area (Å²) in [6.07, 6.45) is 6.29. The number of piperidine rings is 1. The van der Waals surface area contributed by atoms with E-state index in [2.05, 4.69) is 20.3 Å². The highest BCUT2D eigenvalue weighted by molar-refractivity contribution is 6.45. The van der Waals surface area contributed by atoms with Gasteiger partial charge in [-0.25, -0.2) is 14.1 Å². The number of benzene rings is 2. The number of ketones is 1. The molecule has 0 saturated carbocycles. The second-order valence-electron chi connectivity index (χ2n) is 9.62. The van der Waals surface area contributed by atoms with Crippen LogP contribution in [0.2, 0.25) is 0 Å². The molecule has 9 nitrogen and oxygen atoms in total. The fraction of sp³-hybridized carbons (Fsp3) is 0.207. The first kappa shape index (κ1) is 24.6. The predicted molar refractivity (Wildman–Crippen MR) is 140 cm³/mol. The minimum atomic E-state index is -1.24. The molecule has 6 rings (SSSR count). The average molecular weight is 525 g/mol. The van der Waals surface area contributed by atoms with Crippen molar-refractivity contribution in [2.75, 3.05) is 13.1 Å². The number of hydrogen-bond acceptors (Lipinski definition) is 6. The third-order valence-electron chi connectivity index (χ3n) is 7.52. The number of amides is 1. The van der Waals surface area contributed by atoms with Gasteiger partial charge in [-0.15, -0.1) is 5.10 Å². The monoisotopic (exact) mass is 524 g/mol. The molecule has 1 amide bonds. The van der Waals surface area contributed by atoms with E-state index in [4.69, 9.17) is 0 Å². The number of rotatable bonds is 6. The Hall–Kier alpha value is -4.70. The topological polar surface area (TPSA) is 117 Å². The lowest BCUT2D eigenvalue weighted by atomic mass is 9.72. The van der Waals surface area contributed by atoms with Crippen molar-refractivity contribution in [3.05, 3.63) is 108 Å². The van der Waals surface area contributed by atoms with E-state index in [-0.39, 0.29) is 41.3 Å². The van der Waals surface area contributed by atoms with Gasteiger partial charge in [-0.05, 0) is 29.9 Å². The molecule has 0 radical (unpaired) electrons. The van der Waals surface area contributed by atoms with Gasteiger partial charge in [0.25, 0.3) is 11.7 Å². The molecule has 39 heavy (non-hydrogen) atoms. The number of carbonyl (C=O) groups excluding carboxylic acids is 2. The van der Waals surface area contributed by atoms with Crippen LogP contribution in [0.4, 0.5) is 4.39 Å². The summed E-state index contributed by atoms with van der Waals surface area (Å²) >= 11 is 0. The van der Waals surface area contributed by atoms with Crippen molar-refractivity contribution in [2.24, 2.45) is 5.92 Å². The lowest BCUT2D eigenvalue weighted by Gasteiger charge is -2.42. The molecular weight excluding hydrogens is 499 g/mol. The Kier molecular flexibility index (Phi) is 6.24. The summed E-state index contributed by atoms with van der Waals surface area (Å²) in [6.45, 7) is 0.571. The van der Waals surface area contributed by atoms with Gasteiger partial charge in [-0.1, -0.05) is 65.9 Å². The number of halogens is 1. The van der Waals surface area contributed by atoms with Crippen LogP contribution in [-0.4, -0.2) is 59.7 Å². The zero-order valence-corrected chi connectivity index (χ0v) is 20.9. The zero-order chi connectivity index (χ0) is 27.0. The normalized spacial score (nSPS) is 14.6. The van der Waals surface area contributed by atoms with Crippen LogP contribution in [0.3, 0.4) is 0 Å². The van der Waals surface area contributed by atoms with E-state index in [0.29, 0.717) is 12.8 Å². The average Bonchev–Trinajstić information content (AvgIpc) is 3.69. The lowest BCUT2D eigenvalue weighted by molar-refractivity contribution is -0.129. The second-order valence-corrected chi connectivity index (χ2v) is 9.62. The van der Waals surface area contributed by atoms with Crippen LogP contribution < -0.4 is 0 Å². The SMILES string of the molecule is O=C(C(=O)N1CCC(C(O)(c2ccccc2)c2ccccc2)CC1)c1c[nH]c2c(-n3ccnn3)ncc(F)c12. The Labute approximate surface area is 222 Å². The van der Waals surface area contributed by atoms with E-state index in [1.165, 1.54) is 22.0 Å². The maximum Gasteiger partial charge on any atom is 0.295 e. The van der Waals surface area contributed by atoms with Crippen LogP contribution in [-0.2, 0) is 10.4 Å². The van der Waals surface area contributed by atoms with Gasteiger partial charge in [0.1, 0.15) is 5.60 Å². The maximum absolute atomic E-state index is 14.8. The minimum absolute atomic E-state index is 0.0220. The second kappa shape index (κ2) is 9.88. The first-order valence-corrected chi connectivity index (χ1v) is 12.7. The predicted octanol–water partition coefficient (Wildman–Crippen LogP) is 3.64. The van der Waals surface area contributed by atoms with Crippen molar-refractivity contribution < 1.29 is 19.1 Å². The number of fused-ring (bicyclic) bond motifs is 1. The van der Waals surface area contributed by atoms with Gasteiger partial charge >= 0.3 is 0 Å². The molecule has 0 atom stereocenters. The number of nitrogens with zero attached hydrogens (tertiary/aromatic N) is 5. The van der Waals surface area contributed by atoms with Crippen LogP contribution in [0.5, 0.6) is 0 Å². The molecule has 1 aliphatic heterocycles. The summed E-state index contributed by atoms with van der Waals surface area (Å²) in [5.41, 5.74) is 0.493. The zero-order valence-electron chi connectivity index (χ0n) is 20.9. The van der Waals surface area contributed by atoms with E-state index in [1.807, 2.05) is 60.7 Å².